The summed E-state index contributed by atoms with van der Waals surface area (Å²) in [6.45, 7) is 2.27. The number of methoxy groups -OCH3 is 1. The van der Waals surface area contributed by atoms with Crippen LogP contribution in [0.1, 0.15) is 84.0 Å². The van der Waals surface area contributed by atoms with E-state index in [0.29, 0.717) is 6.42 Å². The van der Waals surface area contributed by atoms with Gasteiger partial charge in [0.2, 0.25) is 0 Å². The number of ether oxygens (including phenoxy) is 1. The molecule has 0 saturated heterocycles. The Hall–Kier alpha value is -0.180. The van der Waals surface area contributed by atoms with E-state index in [4.69, 9.17) is 0 Å². The largest absolute Gasteiger partial charge is 0.469 e. The lowest BCUT2D eigenvalue weighted by Gasteiger charge is -2.03. The van der Waals surface area contributed by atoms with Crippen LogP contribution in [0, 0.1) is 0 Å². The van der Waals surface area contributed by atoms with E-state index in [-0.39, 0.29) is 5.97 Å². The Morgan fingerprint density at radius 2 is 1.30 bits per heavy atom. The maximum absolute atomic E-state index is 10.9. The number of hydrogen-bond acceptors (Lipinski definition) is 3. The van der Waals surface area contributed by atoms with Gasteiger partial charge in [-0.15, -0.1) is 0 Å². The van der Waals surface area contributed by atoms with Crippen molar-refractivity contribution in [2.45, 2.75) is 84.0 Å². The molecule has 0 amide bonds. The maximum Gasteiger partial charge on any atom is 0.305 e. The molecule has 0 saturated carbocycles. The molecule has 20 heavy (non-hydrogen) atoms. The van der Waals surface area contributed by atoms with Crippen LogP contribution in [-0.2, 0) is 9.53 Å². The normalized spacial score (nSPS) is 10.7. The molecule has 0 aromatic heterocycles. The average Bonchev–Trinajstić information content (AvgIpc) is 2.47. The van der Waals surface area contributed by atoms with Gasteiger partial charge in [-0.25, -0.2) is 0 Å². The van der Waals surface area contributed by atoms with Crippen molar-refractivity contribution in [3.05, 3.63) is 0 Å². The fourth-order valence-corrected chi connectivity index (χ4v) is 3.18. The number of unbranched alkanes of at least 4 members (excludes halogenated alkanes) is 9. The molecule has 0 fully saturated rings. The highest BCUT2D eigenvalue weighted by atomic mass is 32.2. The van der Waals surface area contributed by atoms with Crippen molar-refractivity contribution in [2.75, 3.05) is 18.6 Å². The summed E-state index contributed by atoms with van der Waals surface area (Å²) in [5.41, 5.74) is 0. The van der Waals surface area contributed by atoms with Gasteiger partial charge in [-0.2, -0.15) is 11.8 Å². The lowest BCUT2D eigenvalue weighted by Crippen LogP contribution is -2.00. The number of rotatable bonds is 15. The maximum atomic E-state index is 10.9. The summed E-state index contributed by atoms with van der Waals surface area (Å²) in [6, 6.07) is 0. The summed E-state index contributed by atoms with van der Waals surface area (Å²) < 4.78 is 4.62. The average molecular weight is 303 g/mol. The Bertz CT molecular complexity index is 207. The number of carbonyl (C=O) groups excluding carboxylic acids is 1. The Kier molecular flexibility index (Phi) is 16.7. The summed E-state index contributed by atoms with van der Waals surface area (Å²) in [4.78, 5) is 10.9. The zero-order valence-corrected chi connectivity index (χ0v) is 14.4. The van der Waals surface area contributed by atoms with Crippen LogP contribution in [0.3, 0.4) is 0 Å². The number of hydrogen-bond donors (Lipinski definition) is 0. The van der Waals surface area contributed by atoms with Gasteiger partial charge in [0.25, 0.3) is 0 Å². The molecule has 0 aliphatic rings. The molecule has 3 heteroatoms. The van der Waals surface area contributed by atoms with E-state index in [1.165, 1.54) is 77.1 Å². The van der Waals surface area contributed by atoms with Crippen LogP contribution >= 0.6 is 11.8 Å². The first-order valence-electron chi connectivity index (χ1n) is 8.45. The van der Waals surface area contributed by atoms with E-state index >= 15 is 0 Å². The standard InChI is InChI=1S/C17H34O2S/c1-3-4-5-6-7-8-9-10-11-12-15-20-16-13-14-17(18)19-2/h3-16H2,1-2H3. The van der Waals surface area contributed by atoms with E-state index in [9.17, 15) is 4.79 Å². The molecule has 0 unspecified atom stereocenters. The van der Waals surface area contributed by atoms with Gasteiger partial charge in [-0.05, 0) is 24.3 Å². The van der Waals surface area contributed by atoms with Crippen LogP contribution < -0.4 is 0 Å². The first-order chi connectivity index (χ1) is 9.81. The predicted molar refractivity (Wildman–Crippen MR) is 90.4 cm³/mol. The molecule has 0 atom stereocenters. The summed E-state index contributed by atoms with van der Waals surface area (Å²) in [5, 5.41) is 0. The highest BCUT2D eigenvalue weighted by molar-refractivity contribution is 7.99. The highest BCUT2D eigenvalue weighted by Gasteiger charge is 1.99. The minimum absolute atomic E-state index is 0.0791. The molecule has 0 aliphatic heterocycles. The number of thioether (sulfide) groups is 1. The number of esters is 1. The summed E-state index contributed by atoms with van der Waals surface area (Å²) in [5.74, 6) is 2.26. The molecule has 120 valence electrons. The van der Waals surface area contributed by atoms with Gasteiger partial charge < -0.3 is 4.74 Å². The van der Waals surface area contributed by atoms with Gasteiger partial charge in [0.05, 0.1) is 7.11 Å². The molecule has 0 aromatic rings. The van der Waals surface area contributed by atoms with Crippen molar-refractivity contribution in [3.63, 3.8) is 0 Å². The summed E-state index contributed by atoms with van der Waals surface area (Å²) >= 11 is 1.98. The Balaban J connectivity index is 2.97. The van der Waals surface area contributed by atoms with Crippen molar-refractivity contribution in [1.82, 2.24) is 0 Å². The van der Waals surface area contributed by atoms with Crippen molar-refractivity contribution in [1.29, 1.82) is 0 Å². The zero-order chi connectivity index (χ0) is 14.9. The molecule has 0 spiro atoms. The second-order valence-corrected chi connectivity index (χ2v) is 6.70. The molecule has 0 radical (unpaired) electrons. The van der Waals surface area contributed by atoms with Crippen LogP contribution in [0.4, 0.5) is 0 Å². The Labute approximate surface area is 130 Å². The van der Waals surface area contributed by atoms with Crippen molar-refractivity contribution in [2.24, 2.45) is 0 Å². The monoisotopic (exact) mass is 302 g/mol. The second kappa shape index (κ2) is 16.9. The third-order valence-corrected chi connectivity index (χ3v) is 4.69. The molecular weight excluding hydrogens is 268 g/mol. The fraction of sp³-hybridized carbons (Fsp3) is 0.941. The van der Waals surface area contributed by atoms with Gasteiger partial charge in [0, 0.05) is 6.42 Å². The Morgan fingerprint density at radius 1 is 0.800 bits per heavy atom. The van der Waals surface area contributed by atoms with Gasteiger partial charge in [0.15, 0.2) is 0 Å². The summed E-state index contributed by atoms with van der Waals surface area (Å²) in [6.07, 6.45) is 15.5. The van der Waals surface area contributed by atoms with Gasteiger partial charge in [-0.3, -0.25) is 4.79 Å². The van der Waals surface area contributed by atoms with Gasteiger partial charge >= 0.3 is 5.97 Å². The molecule has 0 aromatic carbocycles. The van der Waals surface area contributed by atoms with Crippen molar-refractivity contribution < 1.29 is 9.53 Å². The first kappa shape index (κ1) is 19.8. The van der Waals surface area contributed by atoms with Crippen molar-refractivity contribution >= 4 is 17.7 Å². The predicted octanol–water partition coefficient (Wildman–Crippen LogP) is 5.59. The minimum atomic E-state index is -0.0791. The van der Waals surface area contributed by atoms with Gasteiger partial charge in [0.1, 0.15) is 0 Å². The van der Waals surface area contributed by atoms with E-state index < -0.39 is 0 Å². The fourth-order valence-electron chi connectivity index (χ4n) is 2.21. The molecule has 0 N–H and O–H groups in total. The van der Waals surface area contributed by atoms with Crippen LogP contribution in [0.5, 0.6) is 0 Å². The molecule has 0 heterocycles. The molecule has 0 bridgehead atoms. The van der Waals surface area contributed by atoms with Gasteiger partial charge in [-0.1, -0.05) is 64.7 Å². The van der Waals surface area contributed by atoms with E-state index in [1.807, 2.05) is 11.8 Å². The van der Waals surface area contributed by atoms with Crippen molar-refractivity contribution in [3.8, 4) is 0 Å². The van der Waals surface area contributed by atoms with Crippen LogP contribution in [0.15, 0.2) is 0 Å². The lowest BCUT2D eigenvalue weighted by molar-refractivity contribution is -0.140. The quantitative estimate of drug-likeness (QED) is 0.291. The third-order valence-electron chi connectivity index (χ3n) is 3.54. The highest BCUT2D eigenvalue weighted by Crippen LogP contribution is 2.13. The number of carbonyl (C=O) groups is 1. The molecule has 2 nitrogen and oxygen atoms in total. The zero-order valence-electron chi connectivity index (χ0n) is 13.6. The molecule has 0 aliphatic carbocycles. The topological polar surface area (TPSA) is 26.3 Å². The second-order valence-electron chi connectivity index (χ2n) is 5.47. The van der Waals surface area contributed by atoms with Crippen LogP contribution in [0.25, 0.3) is 0 Å². The van der Waals surface area contributed by atoms with E-state index in [0.717, 1.165) is 12.2 Å². The SMILES string of the molecule is CCCCCCCCCCCCSCCCC(=O)OC. The lowest BCUT2D eigenvalue weighted by atomic mass is 10.1. The molecular formula is C17H34O2S. The minimum Gasteiger partial charge on any atom is -0.469 e. The van der Waals surface area contributed by atoms with Crippen LogP contribution in [0.2, 0.25) is 0 Å². The van der Waals surface area contributed by atoms with E-state index in [1.54, 1.807) is 0 Å². The third kappa shape index (κ3) is 15.9. The van der Waals surface area contributed by atoms with Crippen LogP contribution in [-0.4, -0.2) is 24.6 Å². The smallest absolute Gasteiger partial charge is 0.305 e. The summed E-state index contributed by atoms with van der Waals surface area (Å²) in [7, 11) is 1.46. The Morgan fingerprint density at radius 3 is 1.85 bits per heavy atom. The first-order valence-corrected chi connectivity index (χ1v) is 9.61. The molecule has 0 rings (SSSR count). The van der Waals surface area contributed by atoms with E-state index in [2.05, 4.69) is 11.7 Å².